The summed E-state index contributed by atoms with van der Waals surface area (Å²) in [6.45, 7) is 4.02. The molecule has 3 rings (SSSR count). The number of nitrogens with zero attached hydrogens (tertiary/aromatic N) is 3. The van der Waals surface area contributed by atoms with E-state index in [0.717, 1.165) is 44.7 Å². The van der Waals surface area contributed by atoms with E-state index in [4.69, 9.17) is 4.74 Å². The van der Waals surface area contributed by atoms with Gasteiger partial charge in [-0.25, -0.2) is 0 Å². The molecule has 2 aliphatic heterocycles. The Hall–Kier alpha value is -1.40. The number of amides is 1. The maximum atomic E-state index is 12.4. The Morgan fingerprint density at radius 2 is 2.23 bits per heavy atom. The molecule has 1 aromatic heterocycles. The minimum atomic E-state index is 0.158. The highest BCUT2D eigenvalue weighted by Crippen LogP contribution is 2.21. The van der Waals surface area contributed by atoms with Crippen molar-refractivity contribution >= 4 is 5.91 Å². The van der Waals surface area contributed by atoms with Gasteiger partial charge in [0.25, 0.3) is 0 Å². The molecule has 0 unspecified atom stereocenters. The zero-order valence-electron chi connectivity index (χ0n) is 13.3. The molecule has 2 fully saturated rings. The number of hydrogen-bond donors (Lipinski definition) is 1. The first-order valence-electron chi connectivity index (χ1n) is 8.31. The lowest BCUT2D eigenvalue weighted by atomic mass is 9.97. The van der Waals surface area contributed by atoms with E-state index in [1.54, 1.807) is 11.8 Å². The zero-order valence-corrected chi connectivity index (χ0v) is 13.3. The van der Waals surface area contributed by atoms with E-state index in [2.05, 4.69) is 16.5 Å². The fourth-order valence-electron chi connectivity index (χ4n) is 3.37. The van der Waals surface area contributed by atoms with Crippen LogP contribution in [0.25, 0.3) is 0 Å². The number of hydrogen-bond acceptors (Lipinski definition) is 4. The topological polar surface area (TPSA) is 59.4 Å². The Kier molecular flexibility index (Phi) is 5.10. The van der Waals surface area contributed by atoms with Gasteiger partial charge in [-0.15, -0.1) is 0 Å². The van der Waals surface area contributed by atoms with Crippen LogP contribution in [0.5, 0.6) is 0 Å². The van der Waals surface area contributed by atoms with Crippen molar-refractivity contribution in [3.05, 3.63) is 18.0 Å². The Bertz CT molecular complexity index is 488. The van der Waals surface area contributed by atoms with Crippen molar-refractivity contribution < 1.29 is 9.53 Å². The fraction of sp³-hybridized carbons (Fsp3) is 0.750. The summed E-state index contributed by atoms with van der Waals surface area (Å²) in [6, 6.07) is 2.06. The molecular weight excluding hydrogens is 280 g/mol. The Morgan fingerprint density at radius 1 is 1.41 bits per heavy atom. The van der Waals surface area contributed by atoms with E-state index in [1.165, 1.54) is 12.8 Å². The molecule has 3 heterocycles. The molecule has 1 N–H and O–H groups in total. The first kappa shape index (κ1) is 15.5. The summed E-state index contributed by atoms with van der Waals surface area (Å²) in [5.74, 6) is 0.647. The van der Waals surface area contributed by atoms with E-state index in [1.807, 2.05) is 11.1 Å². The number of nitrogens with one attached hydrogen (secondary N) is 1. The molecule has 0 saturated carbocycles. The lowest BCUT2D eigenvalue weighted by molar-refractivity contribution is -0.134. The average molecular weight is 306 g/mol. The lowest BCUT2D eigenvalue weighted by Crippen LogP contribution is -2.42. The number of rotatable bonds is 4. The third-order valence-electron chi connectivity index (χ3n) is 4.80. The predicted octanol–water partition coefficient (Wildman–Crippen LogP) is 0.988. The number of aromatic nitrogens is 2. The first-order valence-corrected chi connectivity index (χ1v) is 8.31. The molecule has 1 amide bonds. The summed E-state index contributed by atoms with van der Waals surface area (Å²) in [5.41, 5.74) is 1.11. The SMILES string of the molecule is COC1CCN(C(=O)Cn2ccc([C@@H]3CCCNC3)n2)CC1. The molecule has 0 bridgehead atoms. The number of carbonyl (C=O) groups is 1. The van der Waals surface area contributed by atoms with Gasteiger partial charge in [-0.2, -0.15) is 5.10 Å². The van der Waals surface area contributed by atoms with E-state index in [0.29, 0.717) is 18.6 Å². The molecule has 6 nitrogen and oxygen atoms in total. The van der Waals surface area contributed by atoms with Crippen LogP contribution in [-0.2, 0) is 16.1 Å². The van der Waals surface area contributed by atoms with Crippen LogP contribution in [0.2, 0.25) is 0 Å². The van der Waals surface area contributed by atoms with Gasteiger partial charge >= 0.3 is 0 Å². The van der Waals surface area contributed by atoms with Gasteiger partial charge in [0.05, 0.1) is 11.8 Å². The third-order valence-corrected chi connectivity index (χ3v) is 4.80. The number of carbonyl (C=O) groups excluding carboxylic acids is 1. The monoisotopic (exact) mass is 306 g/mol. The van der Waals surface area contributed by atoms with Gasteiger partial charge in [0.15, 0.2) is 0 Å². The van der Waals surface area contributed by atoms with Crippen LogP contribution in [0.1, 0.15) is 37.3 Å². The van der Waals surface area contributed by atoms with Gasteiger partial charge in [-0.3, -0.25) is 9.48 Å². The van der Waals surface area contributed by atoms with Crippen molar-refractivity contribution in [1.29, 1.82) is 0 Å². The normalized spacial score (nSPS) is 23.7. The van der Waals surface area contributed by atoms with E-state index < -0.39 is 0 Å². The number of likely N-dealkylation sites (tertiary alicyclic amines) is 1. The van der Waals surface area contributed by atoms with Gasteiger partial charge in [0.2, 0.25) is 5.91 Å². The molecule has 2 aliphatic rings. The zero-order chi connectivity index (χ0) is 15.4. The minimum Gasteiger partial charge on any atom is -0.381 e. The molecule has 2 saturated heterocycles. The maximum Gasteiger partial charge on any atom is 0.244 e. The van der Waals surface area contributed by atoms with E-state index >= 15 is 0 Å². The van der Waals surface area contributed by atoms with Gasteiger partial charge < -0.3 is 15.0 Å². The van der Waals surface area contributed by atoms with Crippen LogP contribution >= 0.6 is 0 Å². The van der Waals surface area contributed by atoms with Crippen LogP contribution in [-0.4, -0.2) is 60.0 Å². The highest BCUT2D eigenvalue weighted by molar-refractivity contribution is 5.76. The molecule has 0 aliphatic carbocycles. The second kappa shape index (κ2) is 7.24. The van der Waals surface area contributed by atoms with Gasteiger partial charge in [0, 0.05) is 38.9 Å². The first-order chi connectivity index (χ1) is 10.8. The van der Waals surface area contributed by atoms with Crippen molar-refractivity contribution in [1.82, 2.24) is 20.0 Å². The van der Waals surface area contributed by atoms with Crippen molar-refractivity contribution in [2.45, 2.75) is 44.2 Å². The standard InChI is InChI=1S/C16H26N4O2/c1-22-14-4-8-19(9-5-14)16(21)12-20-10-6-15(18-20)13-3-2-7-17-11-13/h6,10,13-14,17H,2-5,7-9,11-12H2,1H3/t13-/m1/s1. The van der Waals surface area contributed by atoms with Crippen molar-refractivity contribution in [3.63, 3.8) is 0 Å². The average Bonchev–Trinajstić information content (AvgIpc) is 3.04. The minimum absolute atomic E-state index is 0.158. The molecule has 22 heavy (non-hydrogen) atoms. The number of methoxy groups -OCH3 is 1. The van der Waals surface area contributed by atoms with E-state index in [9.17, 15) is 4.79 Å². The number of ether oxygens (including phenoxy) is 1. The molecule has 1 atom stereocenters. The Morgan fingerprint density at radius 3 is 2.91 bits per heavy atom. The summed E-state index contributed by atoms with van der Waals surface area (Å²) in [7, 11) is 1.74. The van der Waals surface area contributed by atoms with Crippen molar-refractivity contribution in [2.24, 2.45) is 0 Å². The van der Waals surface area contributed by atoms with Crippen LogP contribution in [0.3, 0.4) is 0 Å². The quantitative estimate of drug-likeness (QED) is 0.901. The smallest absolute Gasteiger partial charge is 0.244 e. The second-order valence-electron chi connectivity index (χ2n) is 6.30. The van der Waals surface area contributed by atoms with Crippen molar-refractivity contribution in [3.8, 4) is 0 Å². The van der Waals surface area contributed by atoms with Crippen LogP contribution < -0.4 is 5.32 Å². The highest BCUT2D eigenvalue weighted by atomic mass is 16.5. The second-order valence-corrected chi connectivity index (χ2v) is 6.30. The largest absolute Gasteiger partial charge is 0.381 e. The summed E-state index contributed by atoms with van der Waals surface area (Å²) in [5, 5.41) is 8.01. The third kappa shape index (κ3) is 3.67. The number of piperidine rings is 2. The summed E-state index contributed by atoms with van der Waals surface area (Å²) in [6.07, 6.45) is 6.48. The highest BCUT2D eigenvalue weighted by Gasteiger charge is 2.23. The molecular formula is C16H26N4O2. The van der Waals surface area contributed by atoms with Gasteiger partial charge in [-0.1, -0.05) is 0 Å². The molecule has 1 aromatic rings. The summed E-state index contributed by atoms with van der Waals surface area (Å²) < 4.78 is 7.13. The van der Waals surface area contributed by atoms with Gasteiger partial charge in [-0.05, 0) is 38.3 Å². The van der Waals surface area contributed by atoms with Gasteiger partial charge in [0.1, 0.15) is 6.54 Å². The molecule has 0 radical (unpaired) electrons. The van der Waals surface area contributed by atoms with Crippen LogP contribution in [0, 0.1) is 0 Å². The fourth-order valence-corrected chi connectivity index (χ4v) is 3.37. The van der Waals surface area contributed by atoms with E-state index in [-0.39, 0.29) is 5.91 Å². The summed E-state index contributed by atoms with van der Waals surface area (Å²) >= 11 is 0. The Balaban J connectivity index is 1.52. The molecule has 6 heteroatoms. The van der Waals surface area contributed by atoms with Crippen LogP contribution in [0.4, 0.5) is 0 Å². The molecule has 122 valence electrons. The summed E-state index contributed by atoms with van der Waals surface area (Å²) in [4.78, 5) is 14.3. The molecule has 0 spiro atoms. The van der Waals surface area contributed by atoms with Crippen LogP contribution in [0.15, 0.2) is 12.3 Å². The maximum absolute atomic E-state index is 12.4. The predicted molar refractivity (Wildman–Crippen MR) is 83.7 cm³/mol. The Labute approximate surface area is 131 Å². The van der Waals surface area contributed by atoms with Crippen molar-refractivity contribution in [2.75, 3.05) is 33.3 Å². The molecule has 0 aromatic carbocycles. The lowest BCUT2D eigenvalue weighted by Gasteiger charge is -2.31.